The first-order valence-electron chi connectivity index (χ1n) is 9.05. The van der Waals surface area contributed by atoms with Crippen LogP contribution in [0.15, 0.2) is 71.6 Å². The Balaban J connectivity index is 1.66. The van der Waals surface area contributed by atoms with E-state index in [0.29, 0.717) is 21.4 Å². The summed E-state index contributed by atoms with van der Waals surface area (Å²) < 4.78 is 33.6. The molecule has 1 aliphatic heterocycles. The summed E-state index contributed by atoms with van der Waals surface area (Å²) in [6, 6.07) is 17.1. The number of nitrogens with one attached hydrogen (secondary N) is 1. The van der Waals surface area contributed by atoms with Crippen LogP contribution in [-0.4, -0.2) is 27.0 Å². The van der Waals surface area contributed by atoms with Crippen molar-refractivity contribution in [1.82, 2.24) is 0 Å². The van der Waals surface area contributed by atoms with Gasteiger partial charge in [0.1, 0.15) is 5.75 Å². The monoisotopic (exact) mass is 496 g/mol. The SMILES string of the molecule is O=C(Nc1ccc(Cl)c(Cl)c1)[C@@H]1CN(S(=O)(=O)c2ccc(Cl)cc2)c2ccccc2O1. The highest BCUT2D eigenvalue weighted by Crippen LogP contribution is 2.37. The Hall–Kier alpha value is -2.45. The second-order valence-electron chi connectivity index (χ2n) is 6.68. The van der Waals surface area contributed by atoms with Crippen molar-refractivity contribution in [1.29, 1.82) is 0 Å². The number of sulfonamides is 1. The number of rotatable bonds is 4. The van der Waals surface area contributed by atoms with Crippen molar-refractivity contribution in [2.24, 2.45) is 0 Å². The molecule has 3 aromatic rings. The molecule has 3 aromatic carbocycles. The molecule has 0 aromatic heterocycles. The minimum absolute atomic E-state index is 0.0530. The summed E-state index contributed by atoms with van der Waals surface area (Å²) >= 11 is 17.8. The predicted molar refractivity (Wildman–Crippen MR) is 122 cm³/mol. The average molecular weight is 498 g/mol. The Morgan fingerprint density at radius 2 is 1.68 bits per heavy atom. The summed E-state index contributed by atoms with van der Waals surface area (Å²) in [7, 11) is -3.97. The molecule has 0 saturated heterocycles. The van der Waals surface area contributed by atoms with Crippen LogP contribution in [-0.2, 0) is 14.8 Å². The van der Waals surface area contributed by atoms with Gasteiger partial charge in [0, 0.05) is 10.7 Å². The zero-order valence-electron chi connectivity index (χ0n) is 15.8. The van der Waals surface area contributed by atoms with E-state index in [4.69, 9.17) is 39.5 Å². The predicted octanol–water partition coefficient (Wildman–Crippen LogP) is 5.24. The van der Waals surface area contributed by atoms with E-state index in [0.717, 1.165) is 4.31 Å². The second-order valence-corrected chi connectivity index (χ2v) is 9.80. The molecule has 10 heteroatoms. The number of fused-ring (bicyclic) bond motifs is 1. The van der Waals surface area contributed by atoms with Crippen molar-refractivity contribution in [2.75, 3.05) is 16.2 Å². The summed E-state index contributed by atoms with van der Waals surface area (Å²) in [6.07, 6.45) is -1.09. The van der Waals surface area contributed by atoms with Crippen molar-refractivity contribution in [2.45, 2.75) is 11.0 Å². The first-order valence-corrected chi connectivity index (χ1v) is 11.6. The molecule has 1 aliphatic rings. The molecular weight excluding hydrogens is 483 g/mol. The van der Waals surface area contributed by atoms with E-state index in [9.17, 15) is 13.2 Å². The van der Waals surface area contributed by atoms with Crippen molar-refractivity contribution < 1.29 is 17.9 Å². The van der Waals surface area contributed by atoms with E-state index in [1.807, 2.05) is 0 Å². The average Bonchev–Trinajstić information content (AvgIpc) is 2.75. The molecule has 0 unspecified atom stereocenters. The van der Waals surface area contributed by atoms with Crippen molar-refractivity contribution in [3.63, 3.8) is 0 Å². The number of carbonyl (C=O) groups excluding carboxylic acids is 1. The number of halogens is 3. The van der Waals surface area contributed by atoms with E-state index in [-0.39, 0.29) is 22.2 Å². The van der Waals surface area contributed by atoms with E-state index in [1.54, 1.807) is 36.4 Å². The molecule has 1 atom stereocenters. The number of nitrogens with zero attached hydrogens (tertiary/aromatic N) is 1. The summed E-state index contributed by atoms with van der Waals surface area (Å²) in [4.78, 5) is 12.9. The van der Waals surface area contributed by atoms with Gasteiger partial charge in [0.2, 0.25) is 0 Å². The van der Waals surface area contributed by atoms with Crippen LogP contribution in [0.1, 0.15) is 0 Å². The normalized spacial score (nSPS) is 15.7. The van der Waals surface area contributed by atoms with Crippen molar-refractivity contribution >= 4 is 62.1 Å². The highest BCUT2D eigenvalue weighted by Gasteiger charge is 2.37. The number of anilines is 2. The van der Waals surface area contributed by atoms with Gasteiger partial charge in [-0.15, -0.1) is 0 Å². The summed E-state index contributed by atoms with van der Waals surface area (Å²) in [5.41, 5.74) is 0.755. The number of benzene rings is 3. The molecule has 0 fully saturated rings. The quantitative estimate of drug-likeness (QED) is 0.535. The van der Waals surface area contributed by atoms with Crippen LogP contribution in [0.3, 0.4) is 0 Å². The fourth-order valence-corrected chi connectivity index (χ4v) is 5.00. The first-order chi connectivity index (χ1) is 14.8. The molecule has 31 heavy (non-hydrogen) atoms. The van der Waals surface area contributed by atoms with Crippen LogP contribution in [0.2, 0.25) is 15.1 Å². The third-order valence-electron chi connectivity index (χ3n) is 4.62. The van der Waals surface area contributed by atoms with E-state index < -0.39 is 22.0 Å². The van der Waals surface area contributed by atoms with Crippen molar-refractivity contribution in [3.05, 3.63) is 81.8 Å². The Morgan fingerprint density at radius 1 is 0.968 bits per heavy atom. The van der Waals surface area contributed by atoms with Crippen LogP contribution in [0.5, 0.6) is 5.75 Å². The summed E-state index contributed by atoms with van der Waals surface area (Å²) in [5.74, 6) is -0.246. The first kappa shape index (κ1) is 21.8. The van der Waals surface area contributed by atoms with Gasteiger partial charge in [-0.1, -0.05) is 46.9 Å². The van der Waals surface area contributed by atoms with Gasteiger partial charge < -0.3 is 10.1 Å². The van der Waals surface area contributed by atoms with Gasteiger partial charge in [-0.3, -0.25) is 9.10 Å². The molecular formula is C21H15Cl3N2O4S. The maximum Gasteiger partial charge on any atom is 0.267 e. The smallest absolute Gasteiger partial charge is 0.267 e. The van der Waals surface area contributed by atoms with E-state index >= 15 is 0 Å². The van der Waals surface area contributed by atoms with Gasteiger partial charge in [-0.2, -0.15) is 0 Å². The lowest BCUT2D eigenvalue weighted by Crippen LogP contribution is -2.48. The highest BCUT2D eigenvalue weighted by atomic mass is 35.5. The molecule has 0 radical (unpaired) electrons. The molecule has 0 bridgehead atoms. The lowest BCUT2D eigenvalue weighted by Gasteiger charge is -2.34. The van der Waals surface area contributed by atoms with Gasteiger partial charge in [-0.25, -0.2) is 8.42 Å². The number of hydrogen-bond donors (Lipinski definition) is 1. The number of amides is 1. The van der Waals surface area contributed by atoms with Crippen LogP contribution >= 0.6 is 34.8 Å². The third-order valence-corrected chi connectivity index (χ3v) is 7.40. The molecule has 160 valence electrons. The molecule has 0 aliphatic carbocycles. The molecule has 1 amide bonds. The number of para-hydroxylation sites is 2. The second kappa shape index (κ2) is 8.59. The molecule has 6 nitrogen and oxygen atoms in total. The largest absolute Gasteiger partial charge is 0.476 e. The van der Waals surface area contributed by atoms with Gasteiger partial charge in [0.05, 0.1) is 27.2 Å². The Labute approximate surface area is 194 Å². The van der Waals surface area contributed by atoms with Gasteiger partial charge in [0.15, 0.2) is 6.10 Å². The van der Waals surface area contributed by atoms with Gasteiger partial charge in [-0.05, 0) is 54.6 Å². The van der Waals surface area contributed by atoms with Crippen LogP contribution in [0.4, 0.5) is 11.4 Å². The Morgan fingerprint density at radius 3 is 2.39 bits per heavy atom. The lowest BCUT2D eigenvalue weighted by atomic mass is 10.2. The summed E-state index contributed by atoms with van der Waals surface area (Å²) in [6.45, 7) is -0.213. The van der Waals surface area contributed by atoms with Crippen LogP contribution in [0.25, 0.3) is 0 Å². The maximum absolute atomic E-state index is 13.3. The maximum atomic E-state index is 13.3. The third kappa shape index (κ3) is 4.45. The molecule has 4 rings (SSSR count). The molecule has 1 N–H and O–H groups in total. The molecule has 1 heterocycles. The summed E-state index contributed by atoms with van der Waals surface area (Å²) in [5, 5.41) is 3.73. The lowest BCUT2D eigenvalue weighted by molar-refractivity contribution is -0.122. The highest BCUT2D eigenvalue weighted by molar-refractivity contribution is 7.92. The van der Waals surface area contributed by atoms with Crippen LogP contribution in [0, 0.1) is 0 Å². The number of carbonyl (C=O) groups is 1. The standard InChI is InChI=1S/C21H15Cl3N2O4S/c22-13-5-8-15(9-6-13)31(28,29)26-12-20(30-19-4-2-1-3-18(19)26)21(27)25-14-7-10-16(23)17(24)11-14/h1-11,20H,12H2,(H,25,27)/t20-/m0/s1. The van der Waals surface area contributed by atoms with Crippen LogP contribution < -0.4 is 14.4 Å². The van der Waals surface area contributed by atoms with Gasteiger partial charge >= 0.3 is 0 Å². The zero-order chi connectivity index (χ0) is 22.2. The minimum Gasteiger partial charge on any atom is -0.476 e. The number of ether oxygens (including phenoxy) is 1. The fourth-order valence-electron chi connectivity index (χ4n) is 3.10. The number of hydrogen-bond acceptors (Lipinski definition) is 4. The Bertz CT molecular complexity index is 1250. The van der Waals surface area contributed by atoms with E-state index in [2.05, 4.69) is 5.32 Å². The van der Waals surface area contributed by atoms with E-state index in [1.165, 1.54) is 30.3 Å². The topological polar surface area (TPSA) is 75.7 Å². The van der Waals surface area contributed by atoms with Gasteiger partial charge in [0.25, 0.3) is 15.9 Å². The fraction of sp³-hybridized carbons (Fsp3) is 0.0952. The van der Waals surface area contributed by atoms with Crippen molar-refractivity contribution in [3.8, 4) is 5.75 Å². The Kier molecular flexibility index (Phi) is 6.03. The minimum atomic E-state index is -3.97. The molecule has 0 saturated carbocycles. The zero-order valence-corrected chi connectivity index (χ0v) is 18.8. The molecule has 0 spiro atoms.